The first kappa shape index (κ1) is 24.7. The summed E-state index contributed by atoms with van der Waals surface area (Å²) in [5.41, 5.74) is 3.53. The minimum absolute atomic E-state index is 0.0214. The molecule has 1 aliphatic heterocycles. The van der Waals surface area contributed by atoms with Crippen LogP contribution in [0.1, 0.15) is 63.5 Å². The van der Waals surface area contributed by atoms with Crippen LogP contribution in [0.15, 0.2) is 48.1 Å². The minimum Gasteiger partial charge on any atom is -0.461 e. The van der Waals surface area contributed by atoms with Gasteiger partial charge in [0.1, 0.15) is 12.7 Å². The van der Waals surface area contributed by atoms with Crippen LogP contribution in [-0.2, 0) is 25.5 Å². The fraction of sp³-hybridized carbons (Fsp3) is 0.586. The number of aliphatic hydroxyl groups excluding tert-OH is 1. The zero-order valence-electron chi connectivity index (χ0n) is 20.8. The zero-order valence-corrected chi connectivity index (χ0v) is 20.8. The summed E-state index contributed by atoms with van der Waals surface area (Å²) in [5.74, 6) is 0.0275. The maximum absolute atomic E-state index is 12.8. The second kappa shape index (κ2) is 9.69. The van der Waals surface area contributed by atoms with Gasteiger partial charge in [-0.25, -0.2) is 4.79 Å². The first-order valence-electron chi connectivity index (χ1n) is 12.6. The highest BCUT2D eigenvalue weighted by atomic mass is 16.5. The third-order valence-electron chi connectivity index (χ3n) is 8.91. The molecule has 5 atom stereocenters. The summed E-state index contributed by atoms with van der Waals surface area (Å²) in [5, 5.41) is 10.6. The minimum atomic E-state index is -0.513. The molecule has 184 valence electrons. The molecule has 0 bridgehead atoms. The van der Waals surface area contributed by atoms with Crippen molar-refractivity contribution in [1.29, 1.82) is 0 Å². The number of aliphatic hydroxyl groups is 1. The van der Waals surface area contributed by atoms with Gasteiger partial charge in [0, 0.05) is 11.0 Å². The van der Waals surface area contributed by atoms with E-state index in [0.717, 1.165) is 48.8 Å². The van der Waals surface area contributed by atoms with Gasteiger partial charge >= 0.3 is 11.9 Å². The third-order valence-corrected chi connectivity index (χ3v) is 8.91. The number of benzene rings is 1. The van der Waals surface area contributed by atoms with Gasteiger partial charge in [0.15, 0.2) is 0 Å². The fourth-order valence-corrected chi connectivity index (χ4v) is 6.88. The van der Waals surface area contributed by atoms with Gasteiger partial charge in [-0.1, -0.05) is 55.8 Å². The van der Waals surface area contributed by atoms with Crippen molar-refractivity contribution in [1.82, 2.24) is 0 Å². The molecule has 1 heterocycles. The summed E-state index contributed by atoms with van der Waals surface area (Å²) in [6, 6.07) is 7.94. The first-order chi connectivity index (χ1) is 16.2. The molecule has 0 radical (unpaired) electrons. The third kappa shape index (κ3) is 4.59. The number of cyclic esters (lactones) is 1. The van der Waals surface area contributed by atoms with Crippen LogP contribution >= 0.6 is 0 Å². The van der Waals surface area contributed by atoms with Gasteiger partial charge in [0.05, 0.1) is 13.0 Å². The molecule has 0 amide bonds. The molecule has 2 aliphatic carbocycles. The van der Waals surface area contributed by atoms with Crippen molar-refractivity contribution < 1.29 is 24.2 Å². The van der Waals surface area contributed by atoms with Crippen LogP contribution in [-0.4, -0.2) is 36.4 Å². The number of ether oxygens (including phenoxy) is 2. The van der Waals surface area contributed by atoms with E-state index in [0.29, 0.717) is 13.0 Å². The Morgan fingerprint density at radius 3 is 2.62 bits per heavy atom. The van der Waals surface area contributed by atoms with E-state index in [9.17, 15) is 14.7 Å². The molecule has 0 unspecified atom stereocenters. The molecule has 1 N–H and O–H groups in total. The normalized spacial score (nSPS) is 33.2. The van der Waals surface area contributed by atoms with Crippen LogP contribution in [0.5, 0.6) is 0 Å². The first-order valence-corrected chi connectivity index (χ1v) is 12.6. The van der Waals surface area contributed by atoms with Gasteiger partial charge in [-0.05, 0) is 74.3 Å². The quantitative estimate of drug-likeness (QED) is 0.447. The monoisotopic (exact) mass is 466 g/mol. The Bertz CT molecular complexity index is 977. The van der Waals surface area contributed by atoms with Gasteiger partial charge in [-0.15, -0.1) is 0 Å². The molecule has 4 rings (SSSR count). The van der Waals surface area contributed by atoms with Gasteiger partial charge in [-0.2, -0.15) is 0 Å². The van der Waals surface area contributed by atoms with Crippen LogP contribution in [0.3, 0.4) is 0 Å². The lowest BCUT2D eigenvalue weighted by Gasteiger charge is -2.60. The van der Waals surface area contributed by atoms with E-state index in [1.165, 1.54) is 5.57 Å². The second-order valence-corrected chi connectivity index (χ2v) is 11.0. The summed E-state index contributed by atoms with van der Waals surface area (Å²) in [4.78, 5) is 24.8. The number of aryl methyl sites for hydroxylation is 1. The van der Waals surface area contributed by atoms with E-state index in [1.807, 2.05) is 37.3 Å². The van der Waals surface area contributed by atoms with Crippen LogP contribution < -0.4 is 0 Å². The SMILES string of the molecule is C=C1CC[C@H]2[C@](C)(CO)[C@H](OC(=O)Cc3ccc(C)cc3)CC[C@@]2(C)[C@@H]1CCC1=CCOC1=O. The summed E-state index contributed by atoms with van der Waals surface area (Å²) in [6.07, 6.45) is 6.81. The highest BCUT2D eigenvalue weighted by molar-refractivity contribution is 5.90. The second-order valence-electron chi connectivity index (χ2n) is 11.0. The molecule has 3 aliphatic rings. The lowest BCUT2D eigenvalue weighted by molar-refractivity contribution is -0.186. The number of hydrogen-bond acceptors (Lipinski definition) is 5. The van der Waals surface area contributed by atoms with Crippen LogP contribution in [0.4, 0.5) is 0 Å². The smallest absolute Gasteiger partial charge is 0.334 e. The molecule has 0 spiro atoms. The van der Waals surface area contributed by atoms with Gasteiger partial charge in [0.25, 0.3) is 0 Å². The number of carbonyl (C=O) groups excluding carboxylic acids is 2. The number of carbonyl (C=O) groups is 2. The molecule has 5 heteroatoms. The van der Waals surface area contributed by atoms with E-state index >= 15 is 0 Å². The van der Waals surface area contributed by atoms with Crippen molar-refractivity contribution >= 4 is 11.9 Å². The molecule has 2 saturated carbocycles. The zero-order chi connectivity index (χ0) is 24.5. The van der Waals surface area contributed by atoms with Crippen LogP contribution in [0.25, 0.3) is 0 Å². The van der Waals surface area contributed by atoms with E-state index < -0.39 is 5.41 Å². The number of hydrogen-bond donors (Lipinski definition) is 1. The molecular weight excluding hydrogens is 428 g/mol. The van der Waals surface area contributed by atoms with Crippen molar-refractivity contribution in [2.75, 3.05) is 13.2 Å². The Hall–Kier alpha value is -2.40. The highest BCUT2D eigenvalue weighted by Gasteiger charge is 2.58. The van der Waals surface area contributed by atoms with E-state index in [4.69, 9.17) is 9.47 Å². The Kier molecular flexibility index (Phi) is 7.04. The van der Waals surface area contributed by atoms with Crippen molar-refractivity contribution in [3.8, 4) is 0 Å². The topological polar surface area (TPSA) is 72.8 Å². The van der Waals surface area contributed by atoms with E-state index in [1.54, 1.807) is 0 Å². The van der Waals surface area contributed by atoms with Gasteiger partial charge in [-0.3, -0.25) is 4.79 Å². The molecule has 34 heavy (non-hydrogen) atoms. The maximum Gasteiger partial charge on any atom is 0.334 e. The summed E-state index contributed by atoms with van der Waals surface area (Å²) >= 11 is 0. The average Bonchev–Trinajstić information content (AvgIpc) is 3.21. The van der Waals surface area contributed by atoms with Crippen molar-refractivity contribution in [3.05, 3.63) is 59.2 Å². The average molecular weight is 467 g/mol. The number of fused-ring (bicyclic) bond motifs is 1. The Labute approximate surface area is 203 Å². The highest BCUT2D eigenvalue weighted by Crippen LogP contribution is 2.62. The molecule has 0 saturated heterocycles. The predicted octanol–water partition coefficient (Wildman–Crippen LogP) is 5.09. The van der Waals surface area contributed by atoms with Crippen molar-refractivity contribution in [3.63, 3.8) is 0 Å². The van der Waals surface area contributed by atoms with Gasteiger partial charge < -0.3 is 14.6 Å². The fourth-order valence-electron chi connectivity index (χ4n) is 6.88. The molecular formula is C29H38O5. The lowest BCUT2D eigenvalue weighted by Crippen LogP contribution is -2.58. The summed E-state index contributed by atoms with van der Waals surface area (Å²) < 4.78 is 11.1. The van der Waals surface area contributed by atoms with E-state index in [2.05, 4.69) is 20.4 Å². The molecule has 1 aromatic carbocycles. The molecule has 2 fully saturated rings. The van der Waals surface area contributed by atoms with Crippen molar-refractivity contribution in [2.45, 2.75) is 71.8 Å². The summed E-state index contributed by atoms with van der Waals surface area (Å²) in [6.45, 7) is 11.2. The molecule has 5 nitrogen and oxygen atoms in total. The molecule has 1 aromatic rings. The number of esters is 2. The number of allylic oxidation sites excluding steroid dienone is 1. The Morgan fingerprint density at radius 1 is 1.24 bits per heavy atom. The molecule has 0 aromatic heterocycles. The maximum atomic E-state index is 12.8. The Morgan fingerprint density at radius 2 is 1.97 bits per heavy atom. The standard InChI is InChI=1S/C29H38O5/c1-19-5-8-21(9-6-19)17-26(31)34-25-13-15-28(3)23(11-10-22-14-16-33-27(22)32)20(2)7-12-24(28)29(25,4)18-30/h5-6,8-9,14,23-25,30H,2,7,10-13,15-18H2,1,3-4H3/t23-,24-,25-,28+,29+/m1/s1. The van der Waals surface area contributed by atoms with Crippen LogP contribution in [0.2, 0.25) is 0 Å². The van der Waals surface area contributed by atoms with Crippen LogP contribution in [0, 0.1) is 29.6 Å². The van der Waals surface area contributed by atoms with E-state index in [-0.39, 0.29) is 48.3 Å². The predicted molar refractivity (Wildman–Crippen MR) is 131 cm³/mol. The van der Waals surface area contributed by atoms with Crippen molar-refractivity contribution in [2.24, 2.45) is 22.7 Å². The Balaban J connectivity index is 1.49. The largest absolute Gasteiger partial charge is 0.461 e. The van der Waals surface area contributed by atoms with Gasteiger partial charge in [0.2, 0.25) is 0 Å². The number of rotatable bonds is 7. The summed E-state index contributed by atoms with van der Waals surface area (Å²) in [7, 11) is 0. The lowest BCUT2D eigenvalue weighted by atomic mass is 9.46.